The largest absolute Gasteiger partial charge is 0.497 e. The van der Waals surface area contributed by atoms with Crippen molar-refractivity contribution in [1.82, 2.24) is 30.1 Å². The average molecular weight is 531 g/mol. The minimum absolute atomic E-state index is 0.105. The van der Waals surface area contributed by atoms with Crippen LogP contribution in [0.4, 0.5) is 0 Å². The van der Waals surface area contributed by atoms with E-state index in [0.29, 0.717) is 38.1 Å². The average Bonchev–Trinajstić information content (AvgIpc) is 2.99. The van der Waals surface area contributed by atoms with E-state index in [-0.39, 0.29) is 5.56 Å². The molecule has 39 heavy (non-hydrogen) atoms. The van der Waals surface area contributed by atoms with Crippen LogP contribution in [-0.4, -0.2) is 78.5 Å². The smallest absolute Gasteiger partial charge is 0.269 e. The van der Waals surface area contributed by atoms with Crippen LogP contribution in [0.15, 0.2) is 70.9 Å². The number of pyridine rings is 1. The van der Waals surface area contributed by atoms with Crippen molar-refractivity contribution in [1.29, 1.82) is 0 Å². The third-order valence-corrected chi connectivity index (χ3v) is 7.63. The predicted molar refractivity (Wildman–Crippen MR) is 148 cm³/mol. The first-order valence-corrected chi connectivity index (χ1v) is 13.5. The Labute approximate surface area is 227 Å². The van der Waals surface area contributed by atoms with Crippen molar-refractivity contribution in [2.45, 2.75) is 25.4 Å². The predicted octanol–water partition coefficient (Wildman–Crippen LogP) is 2.27. The van der Waals surface area contributed by atoms with Gasteiger partial charge in [0, 0.05) is 61.5 Å². The quantitative estimate of drug-likeness (QED) is 0.454. The lowest BCUT2D eigenvalue weighted by Gasteiger charge is -2.33. The highest BCUT2D eigenvalue weighted by Gasteiger charge is 2.22. The van der Waals surface area contributed by atoms with E-state index in [0.717, 1.165) is 78.4 Å². The summed E-state index contributed by atoms with van der Waals surface area (Å²) in [7, 11) is 1.64. The van der Waals surface area contributed by atoms with Gasteiger partial charge in [0.1, 0.15) is 19.0 Å². The second-order valence-corrected chi connectivity index (χ2v) is 10.0. The Morgan fingerprint density at radius 2 is 1.95 bits per heavy atom. The zero-order chi connectivity index (χ0) is 26.6. The molecule has 0 aliphatic carbocycles. The minimum Gasteiger partial charge on any atom is -0.497 e. The second kappa shape index (κ2) is 11.5. The molecule has 0 radical (unpaired) electrons. The summed E-state index contributed by atoms with van der Waals surface area (Å²) in [6.45, 7) is 6.05. The lowest BCUT2D eigenvalue weighted by Crippen LogP contribution is -2.45. The molecule has 0 saturated carbocycles. The molecule has 3 aromatic rings. The number of fused-ring (bicyclic) bond motifs is 1. The topological polar surface area (TPSA) is 103 Å². The maximum atomic E-state index is 12.9. The van der Waals surface area contributed by atoms with Crippen LogP contribution in [0.25, 0.3) is 22.2 Å². The number of ether oxygens (including phenoxy) is 3. The fraction of sp³-hybridized carbons (Fsp3) is 0.414. The molecule has 10 heteroatoms. The number of nitrogens with zero attached hydrogens (tertiary/aromatic N) is 4. The van der Waals surface area contributed by atoms with Crippen molar-refractivity contribution in [2.75, 3.05) is 53.0 Å². The summed E-state index contributed by atoms with van der Waals surface area (Å²) in [6, 6.07) is 8.21. The van der Waals surface area contributed by atoms with Crippen LogP contribution in [0.5, 0.6) is 5.75 Å². The van der Waals surface area contributed by atoms with Gasteiger partial charge in [-0.15, -0.1) is 0 Å². The fourth-order valence-corrected chi connectivity index (χ4v) is 5.44. The summed E-state index contributed by atoms with van der Waals surface area (Å²) in [5.74, 6) is 2.45. The van der Waals surface area contributed by atoms with E-state index in [1.165, 1.54) is 6.20 Å². The molecule has 10 nitrogen and oxygen atoms in total. The molecular weight excluding hydrogens is 496 g/mol. The van der Waals surface area contributed by atoms with Crippen molar-refractivity contribution in [3.63, 3.8) is 0 Å². The van der Waals surface area contributed by atoms with Crippen LogP contribution in [0.2, 0.25) is 0 Å². The molecule has 0 bridgehead atoms. The molecule has 6 rings (SSSR count). The van der Waals surface area contributed by atoms with Gasteiger partial charge in [-0.1, -0.05) is 0 Å². The minimum atomic E-state index is -0.105. The van der Waals surface area contributed by atoms with Gasteiger partial charge in [-0.05, 0) is 49.7 Å². The lowest BCUT2D eigenvalue weighted by atomic mass is 10.0. The molecule has 204 valence electrons. The Morgan fingerprint density at radius 1 is 1.13 bits per heavy atom. The summed E-state index contributed by atoms with van der Waals surface area (Å²) in [5, 5.41) is 7.11. The van der Waals surface area contributed by atoms with Crippen LogP contribution >= 0.6 is 0 Å². The number of dihydropyridines is 1. The van der Waals surface area contributed by atoms with E-state index in [1.807, 2.05) is 34.9 Å². The fourth-order valence-electron chi connectivity index (χ4n) is 5.44. The summed E-state index contributed by atoms with van der Waals surface area (Å²) in [4.78, 5) is 24.0. The summed E-state index contributed by atoms with van der Waals surface area (Å²) < 4.78 is 18.8. The van der Waals surface area contributed by atoms with Crippen LogP contribution < -0.4 is 20.9 Å². The molecule has 2 N–H and O–H groups in total. The Balaban J connectivity index is 1.09. The molecule has 0 amide bonds. The number of allylic oxidation sites excluding steroid dienone is 1. The maximum Gasteiger partial charge on any atom is 0.269 e. The summed E-state index contributed by atoms with van der Waals surface area (Å²) >= 11 is 0. The van der Waals surface area contributed by atoms with Crippen LogP contribution in [0.1, 0.15) is 12.8 Å². The van der Waals surface area contributed by atoms with Crippen molar-refractivity contribution < 1.29 is 14.2 Å². The number of nitrogens with one attached hydrogen (secondary N) is 2. The third-order valence-electron chi connectivity index (χ3n) is 7.63. The molecule has 2 aromatic heterocycles. The number of piperidine rings is 1. The SMILES string of the molecule is COc1cc(-c2ccncc2)c2ncc(=O)n(CCN3CCC(NCC4=CC5=C(CN4)OCCO5)CC3)c2c1. The highest BCUT2D eigenvalue weighted by Crippen LogP contribution is 2.31. The number of hydrogen-bond donors (Lipinski definition) is 2. The standard InChI is InChI=1S/C29H34N6O4/c1-37-23-15-24(20-2-6-30-7-3-20)29-25(16-23)35(28(36)19-33-29)11-10-34-8-4-21(5-9-34)31-17-22-14-26-27(18-32-22)39-13-12-38-26/h2-3,6-7,14-16,19,21,31-32H,4-5,8-13,17-18H2,1H3. The van der Waals surface area contributed by atoms with Gasteiger partial charge in [0.15, 0.2) is 11.5 Å². The zero-order valence-corrected chi connectivity index (χ0v) is 22.2. The second-order valence-electron chi connectivity index (χ2n) is 10.0. The van der Waals surface area contributed by atoms with Gasteiger partial charge in [-0.25, -0.2) is 4.98 Å². The third kappa shape index (κ3) is 5.62. The Hall–Kier alpha value is -3.89. The van der Waals surface area contributed by atoms with Crippen molar-refractivity contribution >= 4 is 11.0 Å². The van der Waals surface area contributed by atoms with Crippen molar-refractivity contribution in [3.8, 4) is 16.9 Å². The van der Waals surface area contributed by atoms with E-state index in [2.05, 4.69) is 25.5 Å². The van der Waals surface area contributed by atoms with E-state index in [4.69, 9.17) is 14.2 Å². The van der Waals surface area contributed by atoms with Gasteiger partial charge in [0.25, 0.3) is 5.56 Å². The zero-order valence-electron chi connectivity index (χ0n) is 22.2. The highest BCUT2D eigenvalue weighted by atomic mass is 16.6. The van der Waals surface area contributed by atoms with Gasteiger partial charge < -0.3 is 34.3 Å². The molecule has 1 fully saturated rings. The van der Waals surface area contributed by atoms with Crippen LogP contribution in [0.3, 0.4) is 0 Å². The number of benzene rings is 1. The van der Waals surface area contributed by atoms with Crippen molar-refractivity contribution in [3.05, 3.63) is 76.5 Å². The van der Waals surface area contributed by atoms with Gasteiger partial charge >= 0.3 is 0 Å². The summed E-state index contributed by atoms with van der Waals surface area (Å²) in [6.07, 6.45) is 9.11. The van der Waals surface area contributed by atoms with E-state index in [9.17, 15) is 4.79 Å². The van der Waals surface area contributed by atoms with Gasteiger partial charge in [-0.2, -0.15) is 0 Å². The number of methoxy groups -OCH3 is 1. The molecule has 1 saturated heterocycles. The number of aromatic nitrogens is 3. The molecule has 3 aliphatic rings. The molecule has 3 aliphatic heterocycles. The molecule has 0 atom stereocenters. The normalized spacial score (nSPS) is 18.1. The first-order chi connectivity index (χ1) is 19.2. The first-order valence-electron chi connectivity index (χ1n) is 13.5. The maximum absolute atomic E-state index is 12.9. The molecular formula is C29H34N6O4. The summed E-state index contributed by atoms with van der Waals surface area (Å²) in [5.41, 5.74) is 4.49. The molecule has 0 unspecified atom stereocenters. The highest BCUT2D eigenvalue weighted by molar-refractivity contribution is 5.93. The van der Waals surface area contributed by atoms with Gasteiger partial charge in [-0.3, -0.25) is 9.78 Å². The Bertz CT molecular complexity index is 1440. The number of rotatable bonds is 8. The number of hydrogen-bond acceptors (Lipinski definition) is 9. The monoisotopic (exact) mass is 530 g/mol. The molecule has 0 spiro atoms. The first kappa shape index (κ1) is 25.4. The van der Waals surface area contributed by atoms with Gasteiger partial charge in [0.2, 0.25) is 0 Å². The van der Waals surface area contributed by atoms with Crippen molar-refractivity contribution in [2.24, 2.45) is 0 Å². The number of likely N-dealkylation sites (tertiary alicyclic amines) is 1. The van der Waals surface area contributed by atoms with Crippen LogP contribution in [0, 0.1) is 0 Å². The van der Waals surface area contributed by atoms with E-state index in [1.54, 1.807) is 19.5 Å². The molecule has 5 heterocycles. The van der Waals surface area contributed by atoms with Crippen LogP contribution in [-0.2, 0) is 16.0 Å². The Kier molecular flexibility index (Phi) is 7.46. The van der Waals surface area contributed by atoms with E-state index >= 15 is 0 Å². The Morgan fingerprint density at radius 3 is 2.77 bits per heavy atom. The molecule has 1 aromatic carbocycles. The lowest BCUT2D eigenvalue weighted by molar-refractivity contribution is 0.0645. The van der Waals surface area contributed by atoms with Gasteiger partial charge in [0.05, 0.1) is 30.9 Å². The van der Waals surface area contributed by atoms with E-state index < -0.39 is 0 Å².